The van der Waals surface area contributed by atoms with Crippen LogP contribution < -0.4 is 11.5 Å². The maximum absolute atomic E-state index is 12.7. The van der Waals surface area contributed by atoms with Crippen molar-refractivity contribution in [2.45, 2.75) is 36.8 Å². The Balaban J connectivity index is 0.000000241. The van der Waals surface area contributed by atoms with Crippen LogP contribution in [0.25, 0.3) is 0 Å². The van der Waals surface area contributed by atoms with Crippen molar-refractivity contribution in [3.63, 3.8) is 0 Å². The van der Waals surface area contributed by atoms with Crippen molar-refractivity contribution in [3.05, 3.63) is 70.8 Å². The van der Waals surface area contributed by atoms with Crippen molar-refractivity contribution in [1.29, 1.82) is 0 Å². The zero-order valence-corrected chi connectivity index (χ0v) is 15.3. The first-order valence-corrected chi connectivity index (χ1v) is 7.78. The van der Waals surface area contributed by atoms with Crippen LogP contribution >= 0.6 is 24.8 Å². The summed E-state index contributed by atoms with van der Waals surface area (Å²) in [5.41, 5.74) is 12.8. The second-order valence-electron chi connectivity index (χ2n) is 6.36. The summed E-state index contributed by atoms with van der Waals surface area (Å²) in [5, 5.41) is 0. The van der Waals surface area contributed by atoms with Gasteiger partial charge in [-0.25, -0.2) is 17.6 Å². The van der Waals surface area contributed by atoms with Crippen LogP contribution in [0.2, 0.25) is 0 Å². The maximum Gasteiger partial charge on any atom is 0.159 e. The van der Waals surface area contributed by atoms with Crippen LogP contribution in [0.1, 0.15) is 35.8 Å². The molecule has 0 bridgehead atoms. The van der Waals surface area contributed by atoms with E-state index in [2.05, 4.69) is 0 Å². The molecule has 4 rings (SSSR count). The van der Waals surface area contributed by atoms with Gasteiger partial charge in [-0.1, -0.05) is 12.1 Å². The lowest BCUT2D eigenvalue weighted by Gasteiger charge is -1.98. The Hall–Kier alpha value is -1.34. The summed E-state index contributed by atoms with van der Waals surface area (Å²) in [6.45, 7) is 0. The van der Waals surface area contributed by atoms with Crippen molar-refractivity contribution >= 4 is 24.8 Å². The summed E-state index contributed by atoms with van der Waals surface area (Å²) in [6.07, 6.45) is 1.76. The monoisotopic (exact) mass is 410 g/mol. The smallest absolute Gasteiger partial charge is 0.159 e. The third-order valence-corrected chi connectivity index (χ3v) is 4.42. The Bertz CT molecular complexity index is 696. The predicted molar refractivity (Wildman–Crippen MR) is 97.9 cm³/mol. The third-order valence-electron chi connectivity index (χ3n) is 4.42. The molecule has 4 atom stereocenters. The van der Waals surface area contributed by atoms with E-state index in [1.807, 2.05) is 0 Å². The Kier molecular flexibility index (Phi) is 7.89. The number of halogens is 6. The fourth-order valence-electron chi connectivity index (χ4n) is 2.68. The van der Waals surface area contributed by atoms with E-state index in [-0.39, 0.29) is 48.7 Å². The van der Waals surface area contributed by atoms with Gasteiger partial charge in [0.15, 0.2) is 23.3 Å². The van der Waals surface area contributed by atoms with Crippen LogP contribution in [-0.2, 0) is 0 Å². The SMILES string of the molecule is Cl.Cl.N[C@@H]1C[C@@H]1c1ccc(F)c(F)c1.N[C@H]1C[C@H]1c1ccc(F)c(F)c1. The van der Waals surface area contributed by atoms with Crippen LogP contribution in [-0.4, -0.2) is 12.1 Å². The molecule has 0 aromatic heterocycles. The van der Waals surface area contributed by atoms with Crippen molar-refractivity contribution < 1.29 is 17.6 Å². The first-order valence-electron chi connectivity index (χ1n) is 7.78. The highest BCUT2D eigenvalue weighted by molar-refractivity contribution is 5.85. The van der Waals surface area contributed by atoms with E-state index in [0.29, 0.717) is 0 Å². The molecule has 2 aliphatic carbocycles. The Labute approximate surface area is 161 Å². The largest absolute Gasteiger partial charge is 0.327 e. The number of rotatable bonds is 2. The topological polar surface area (TPSA) is 52.0 Å². The normalized spacial score (nSPS) is 25.2. The molecule has 26 heavy (non-hydrogen) atoms. The number of benzene rings is 2. The average Bonchev–Trinajstić information content (AvgIpc) is 3.44. The molecular formula is C18H20Cl2F4N2. The van der Waals surface area contributed by atoms with E-state index in [9.17, 15) is 17.6 Å². The van der Waals surface area contributed by atoms with Gasteiger partial charge >= 0.3 is 0 Å². The summed E-state index contributed by atoms with van der Waals surface area (Å²) in [7, 11) is 0. The van der Waals surface area contributed by atoms with Crippen LogP contribution in [0, 0.1) is 23.3 Å². The molecule has 0 radical (unpaired) electrons. The van der Waals surface area contributed by atoms with Gasteiger partial charge in [0, 0.05) is 23.9 Å². The highest BCUT2D eigenvalue weighted by atomic mass is 35.5. The maximum atomic E-state index is 12.7. The lowest BCUT2D eigenvalue weighted by Crippen LogP contribution is -2.01. The minimum Gasteiger partial charge on any atom is -0.327 e. The van der Waals surface area contributed by atoms with E-state index < -0.39 is 23.3 Å². The lowest BCUT2D eigenvalue weighted by molar-refractivity contribution is 0.507. The Morgan fingerprint density at radius 2 is 0.923 bits per heavy atom. The molecule has 2 nitrogen and oxygen atoms in total. The molecule has 144 valence electrons. The molecule has 0 saturated heterocycles. The van der Waals surface area contributed by atoms with Crippen molar-refractivity contribution in [1.82, 2.24) is 0 Å². The quantitative estimate of drug-likeness (QED) is 0.720. The van der Waals surface area contributed by atoms with E-state index in [4.69, 9.17) is 11.5 Å². The second-order valence-corrected chi connectivity index (χ2v) is 6.36. The lowest BCUT2D eigenvalue weighted by atomic mass is 10.1. The molecular weight excluding hydrogens is 391 g/mol. The summed E-state index contributed by atoms with van der Waals surface area (Å²) in [5.74, 6) is -2.70. The van der Waals surface area contributed by atoms with Gasteiger partial charge in [0.25, 0.3) is 0 Å². The zero-order chi connectivity index (χ0) is 17.4. The summed E-state index contributed by atoms with van der Waals surface area (Å²) in [4.78, 5) is 0. The van der Waals surface area contributed by atoms with Crippen molar-refractivity contribution in [3.8, 4) is 0 Å². The number of nitrogens with two attached hydrogens (primary N) is 2. The van der Waals surface area contributed by atoms with Gasteiger partial charge in [0.1, 0.15) is 0 Å². The minimum absolute atomic E-state index is 0. The number of hydrogen-bond donors (Lipinski definition) is 2. The van der Waals surface area contributed by atoms with Gasteiger partial charge in [0.2, 0.25) is 0 Å². The highest BCUT2D eigenvalue weighted by Gasteiger charge is 2.35. The summed E-state index contributed by atoms with van der Waals surface area (Å²) in [6, 6.07) is 8.21. The molecule has 0 unspecified atom stereocenters. The molecule has 2 aliphatic rings. The highest BCUT2D eigenvalue weighted by Crippen LogP contribution is 2.39. The minimum atomic E-state index is -0.798. The standard InChI is InChI=1S/2C9H9F2N.2ClH/c2*10-7-2-1-5(3-8(7)11)6-4-9(6)12;;/h2*1-3,6,9H,4,12H2;2*1H/t2*6-,9-;;/m10../s1. The first-order chi connectivity index (χ1) is 11.4. The molecule has 0 amide bonds. The van der Waals surface area contributed by atoms with Gasteiger partial charge in [0.05, 0.1) is 0 Å². The van der Waals surface area contributed by atoms with E-state index in [1.165, 1.54) is 12.1 Å². The molecule has 4 N–H and O–H groups in total. The second kappa shape index (κ2) is 9.04. The summed E-state index contributed by atoms with van der Waals surface area (Å²) < 4.78 is 50.3. The van der Waals surface area contributed by atoms with E-state index in [1.54, 1.807) is 12.1 Å². The molecule has 2 aromatic rings. The zero-order valence-electron chi connectivity index (χ0n) is 13.7. The Morgan fingerprint density at radius 3 is 1.15 bits per heavy atom. The van der Waals surface area contributed by atoms with E-state index >= 15 is 0 Å². The summed E-state index contributed by atoms with van der Waals surface area (Å²) >= 11 is 0. The molecule has 0 spiro atoms. The van der Waals surface area contributed by atoms with Crippen molar-refractivity contribution in [2.24, 2.45) is 11.5 Å². The van der Waals surface area contributed by atoms with Gasteiger partial charge < -0.3 is 11.5 Å². The number of hydrogen-bond acceptors (Lipinski definition) is 2. The fraction of sp³-hybridized carbons (Fsp3) is 0.333. The molecule has 0 aliphatic heterocycles. The first kappa shape index (κ1) is 22.7. The van der Waals surface area contributed by atoms with Gasteiger partial charge in [-0.05, 0) is 48.2 Å². The van der Waals surface area contributed by atoms with Crippen LogP contribution in [0.4, 0.5) is 17.6 Å². The molecule has 8 heteroatoms. The predicted octanol–water partition coefficient (Wildman–Crippen LogP) is 4.40. The molecule has 2 fully saturated rings. The molecule has 2 saturated carbocycles. The average molecular weight is 411 g/mol. The van der Waals surface area contributed by atoms with Gasteiger partial charge in [-0.2, -0.15) is 0 Å². The van der Waals surface area contributed by atoms with Crippen molar-refractivity contribution in [2.75, 3.05) is 0 Å². The van der Waals surface area contributed by atoms with Gasteiger partial charge in [-0.15, -0.1) is 24.8 Å². The fourth-order valence-corrected chi connectivity index (χ4v) is 2.68. The van der Waals surface area contributed by atoms with Gasteiger partial charge in [-0.3, -0.25) is 0 Å². The van der Waals surface area contributed by atoms with Crippen LogP contribution in [0.15, 0.2) is 36.4 Å². The van der Waals surface area contributed by atoms with E-state index in [0.717, 1.165) is 36.1 Å². The van der Waals surface area contributed by atoms with Crippen LogP contribution in [0.5, 0.6) is 0 Å². The molecule has 0 heterocycles. The third kappa shape index (κ3) is 5.33. The van der Waals surface area contributed by atoms with Crippen LogP contribution in [0.3, 0.4) is 0 Å². The Morgan fingerprint density at radius 1 is 0.615 bits per heavy atom. The molecule has 2 aromatic carbocycles.